The highest BCUT2D eigenvalue weighted by molar-refractivity contribution is 5.80. The first-order valence-electron chi connectivity index (χ1n) is 6.91. The molecule has 0 aliphatic heterocycles. The molecule has 0 radical (unpaired) electrons. The van der Waals surface area contributed by atoms with Crippen LogP contribution in [0.15, 0.2) is 18.2 Å². The molecule has 0 aromatic heterocycles. The fraction of sp³-hybridized carbons (Fsp3) is 0.562. The van der Waals surface area contributed by atoms with Crippen LogP contribution in [0.1, 0.15) is 38.3 Å². The summed E-state index contributed by atoms with van der Waals surface area (Å²) < 4.78 is 5.71. The molecule has 1 atom stereocenters. The quantitative estimate of drug-likeness (QED) is 0.855. The molecule has 3 nitrogen and oxygen atoms in total. The number of nitrogens with one attached hydrogen (secondary N) is 1. The van der Waals surface area contributed by atoms with Crippen LogP contribution in [0.2, 0.25) is 0 Å². The summed E-state index contributed by atoms with van der Waals surface area (Å²) in [4.78, 5) is 11.9. The Bertz CT molecular complexity index is 427. The molecule has 106 valence electrons. The predicted molar refractivity (Wildman–Crippen MR) is 78.5 cm³/mol. The maximum atomic E-state index is 11.9. The molecule has 1 amide bonds. The van der Waals surface area contributed by atoms with Crippen molar-refractivity contribution in [1.82, 2.24) is 5.32 Å². The molecule has 0 aliphatic rings. The molecule has 0 aliphatic carbocycles. The van der Waals surface area contributed by atoms with Crippen molar-refractivity contribution < 1.29 is 9.53 Å². The molecule has 0 fully saturated rings. The zero-order valence-electron chi connectivity index (χ0n) is 12.6. The highest BCUT2D eigenvalue weighted by Gasteiger charge is 2.15. The Morgan fingerprint density at radius 1 is 1.26 bits per heavy atom. The van der Waals surface area contributed by atoms with Gasteiger partial charge in [-0.05, 0) is 44.7 Å². The number of benzene rings is 1. The third-order valence-electron chi connectivity index (χ3n) is 3.02. The van der Waals surface area contributed by atoms with Crippen molar-refractivity contribution in [2.24, 2.45) is 5.92 Å². The number of amides is 1. The van der Waals surface area contributed by atoms with Gasteiger partial charge in [-0.3, -0.25) is 4.79 Å². The van der Waals surface area contributed by atoms with Crippen LogP contribution in [0.3, 0.4) is 0 Å². The Labute approximate surface area is 116 Å². The molecule has 1 N–H and O–H groups in total. The molecule has 0 unspecified atom stereocenters. The Kier molecular flexibility index (Phi) is 5.87. The van der Waals surface area contributed by atoms with Crippen LogP contribution in [0, 0.1) is 19.8 Å². The number of rotatable bonds is 6. The van der Waals surface area contributed by atoms with E-state index in [-0.39, 0.29) is 5.91 Å². The van der Waals surface area contributed by atoms with Gasteiger partial charge >= 0.3 is 0 Å². The monoisotopic (exact) mass is 263 g/mol. The van der Waals surface area contributed by atoms with Gasteiger partial charge in [-0.1, -0.05) is 31.5 Å². The second-order valence-electron chi connectivity index (χ2n) is 5.50. The molecule has 3 heteroatoms. The Hall–Kier alpha value is -1.51. The highest BCUT2D eigenvalue weighted by atomic mass is 16.5. The van der Waals surface area contributed by atoms with Crippen molar-refractivity contribution in [2.75, 3.05) is 6.54 Å². The second-order valence-corrected chi connectivity index (χ2v) is 5.50. The minimum Gasteiger partial charge on any atom is -0.481 e. The van der Waals surface area contributed by atoms with E-state index in [0.717, 1.165) is 17.7 Å². The fourth-order valence-corrected chi connectivity index (χ4v) is 1.80. The maximum Gasteiger partial charge on any atom is 0.260 e. The first kappa shape index (κ1) is 15.5. The molecule has 1 rings (SSSR count). The minimum atomic E-state index is -0.464. The van der Waals surface area contributed by atoms with Crippen LogP contribution in [0.4, 0.5) is 0 Å². The third-order valence-corrected chi connectivity index (χ3v) is 3.02. The molecule has 0 saturated carbocycles. The van der Waals surface area contributed by atoms with E-state index in [2.05, 4.69) is 25.2 Å². The van der Waals surface area contributed by atoms with Crippen LogP contribution in [0.5, 0.6) is 5.75 Å². The standard InChI is InChI=1S/C16H25NO2/c1-11(2)8-9-17-16(18)14(5)19-15-7-6-12(3)10-13(15)4/h6-7,10-11,14H,8-9H2,1-5H3,(H,17,18)/t14-/m0/s1. The summed E-state index contributed by atoms with van der Waals surface area (Å²) in [5.74, 6) is 1.31. The van der Waals surface area contributed by atoms with Gasteiger partial charge in [0.15, 0.2) is 6.10 Å². The average molecular weight is 263 g/mol. The fourth-order valence-electron chi connectivity index (χ4n) is 1.80. The number of ether oxygens (including phenoxy) is 1. The third kappa shape index (κ3) is 5.33. The van der Waals surface area contributed by atoms with E-state index in [9.17, 15) is 4.79 Å². The van der Waals surface area contributed by atoms with Gasteiger partial charge < -0.3 is 10.1 Å². The van der Waals surface area contributed by atoms with E-state index < -0.39 is 6.10 Å². The number of carbonyl (C=O) groups is 1. The van der Waals surface area contributed by atoms with Crippen LogP contribution in [-0.4, -0.2) is 18.6 Å². The molecule has 1 aromatic carbocycles. The summed E-state index contributed by atoms with van der Waals surface area (Å²) in [6.07, 6.45) is 0.524. The zero-order valence-corrected chi connectivity index (χ0v) is 12.6. The van der Waals surface area contributed by atoms with Crippen LogP contribution in [-0.2, 0) is 4.79 Å². The highest BCUT2D eigenvalue weighted by Crippen LogP contribution is 2.20. The van der Waals surface area contributed by atoms with E-state index in [0.29, 0.717) is 12.5 Å². The van der Waals surface area contributed by atoms with Crippen LogP contribution < -0.4 is 10.1 Å². The lowest BCUT2D eigenvalue weighted by Crippen LogP contribution is -2.37. The summed E-state index contributed by atoms with van der Waals surface area (Å²) in [5.41, 5.74) is 2.25. The van der Waals surface area contributed by atoms with Gasteiger partial charge in [-0.2, -0.15) is 0 Å². The van der Waals surface area contributed by atoms with E-state index in [4.69, 9.17) is 4.74 Å². The molecule has 0 bridgehead atoms. The van der Waals surface area contributed by atoms with Gasteiger partial charge in [0, 0.05) is 6.54 Å². The first-order valence-corrected chi connectivity index (χ1v) is 6.91. The molecule has 0 spiro atoms. The van der Waals surface area contributed by atoms with Crippen molar-refractivity contribution in [3.8, 4) is 5.75 Å². The minimum absolute atomic E-state index is 0.0550. The molecule has 19 heavy (non-hydrogen) atoms. The van der Waals surface area contributed by atoms with Crippen LogP contribution >= 0.6 is 0 Å². The van der Waals surface area contributed by atoms with Gasteiger partial charge in [0.05, 0.1) is 0 Å². The maximum absolute atomic E-state index is 11.9. The van der Waals surface area contributed by atoms with Crippen molar-refractivity contribution in [1.29, 1.82) is 0 Å². The number of hydrogen-bond donors (Lipinski definition) is 1. The Balaban J connectivity index is 2.49. The smallest absolute Gasteiger partial charge is 0.260 e. The lowest BCUT2D eigenvalue weighted by molar-refractivity contribution is -0.127. The summed E-state index contributed by atoms with van der Waals surface area (Å²) in [7, 11) is 0. The summed E-state index contributed by atoms with van der Waals surface area (Å²) in [5, 5.41) is 2.90. The van der Waals surface area contributed by atoms with Crippen molar-refractivity contribution in [2.45, 2.75) is 47.1 Å². The van der Waals surface area contributed by atoms with E-state index in [1.54, 1.807) is 6.92 Å². The topological polar surface area (TPSA) is 38.3 Å². The molecular formula is C16H25NO2. The van der Waals surface area contributed by atoms with Crippen molar-refractivity contribution in [3.05, 3.63) is 29.3 Å². The predicted octanol–water partition coefficient (Wildman–Crippen LogP) is 3.23. The first-order chi connectivity index (χ1) is 8.90. The Morgan fingerprint density at radius 2 is 1.95 bits per heavy atom. The van der Waals surface area contributed by atoms with Gasteiger partial charge in [-0.25, -0.2) is 0 Å². The summed E-state index contributed by atoms with van der Waals surface area (Å²) >= 11 is 0. The van der Waals surface area contributed by atoms with E-state index >= 15 is 0 Å². The van der Waals surface area contributed by atoms with Crippen molar-refractivity contribution in [3.63, 3.8) is 0 Å². The number of carbonyl (C=O) groups excluding carboxylic acids is 1. The van der Waals surface area contributed by atoms with Gasteiger partial charge in [0.1, 0.15) is 5.75 Å². The molecule has 0 saturated heterocycles. The second kappa shape index (κ2) is 7.17. The van der Waals surface area contributed by atoms with E-state index in [1.165, 1.54) is 5.56 Å². The van der Waals surface area contributed by atoms with Crippen LogP contribution in [0.25, 0.3) is 0 Å². The Morgan fingerprint density at radius 3 is 2.53 bits per heavy atom. The lowest BCUT2D eigenvalue weighted by atomic mass is 10.1. The number of hydrogen-bond acceptors (Lipinski definition) is 2. The average Bonchev–Trinajstić information content (AvgIpc) is 2.32. The van der Waals surface area contributed by atoms with Crippen molar-refractivity contribution >= 4 is 5.91 Å². The van der Waals surface area contributed by atoms with Gasteiger partial charge in [-0.15, -0.1) is 0 Å². The molecule has 0 heterocycles. The SMILES string of the molecule is Cc1ccc(O[C@@H](C)C(=O)NCCC(C)C)c(C)c1. The number of aryl methyl sites for hydroxylation is 2. The summed E-state index contributed by atoms with van der Waals surface area (Å²) in [6, 6.07) is 5.97. The zero-order chi connectivity index (χ0) is 14.4. The van der Waals surface area contributed by atoms with Gasteiger partial charge in [0.25, 0.3) is 5.91 Å². The largest absolute Gasteiger partial charge is 0.481 e. The normalized spacial score (nSPS) is 12.3. The van der Waals surface area contributed by atoms with E-state index in [1.807, 2.05) is 26.0 Å². The summed E-state index contributed by atoms with van der Waals surface area (Å²) in [6.45, 7) is 10.8. The van der Waals surface area contributed by atoms with Gasteiger partial charge in [0.2, 0.25) is 0 Å². The lowest BCUT2D eigenvalue weighted by Gasteiger charge is -2.17. The molecular weight excluding hydrogens is 238 g/mol. The molecule has 1 aromatic rings.